The van der Waals surface area contributed by atoms with Gasteiger partial charge >= 0.3 is 0 Å². The molecule has 14 heavy (non-hydrogen) atoms. The minimum atomic E-state index is 0.123. The van der Waals surface area contributed by atoms with E-state index in [0.29, 0.717) is 12.1 Å². The predicted molar refractivity (Wildman–Crippen MR) is 59.2 cm³/mol. The fourth-order valence-corrected chi connectivity index (χ4v) is 1.26. The minimum absolute atomic E-state index is 0.123. The van der Waals surface area contributed by atoms with Crippen molar-refractivity contribution < 1.29 is 4.79 Å². The summed E-state index contributed by atoms with van der Waals surface area (Å²) in [6.07, 6.45) is 1.44. The van der Waals surface area contributed by atoms with E-state index < -0.39 is 0 Å². The van der Waals surface area contributed by atoms with E-state index in [0.717, 1.165) is 12.1 Å². The molecule has 0 saturated carbocycles. The number of hydrogen-bond donors (Lipinski definition) is 1. The van der Waals surface area contributed by atoms with Gasteiger partial charge in [-0.25, -0.2) is 0 Å². The highest BCUT2D eigenvalue weighted by Gasteiger charge is 2.08. The van der Waals surface area contributed by atoms with Crippen LogP contribution in [0.2, 0.25) is 0 Å². The van der Waals surface area contributed by atoms with Gasteiger partial charge < -0.3 is 10.6 Å². The molecule has 0 unspecified atom stereocenters. The van der Waals surface area contributed by atoms with Gasteiger partial charge in [0.1, 0.15) is 0 Å². The standard InChI is InChI=1S/C11H16N2O/c1-3-5-11(14)13(2)10-7-4-6-9(12)8-10/h4,6-8H,3,5,12H2,1-2H3. The monoisotopic (exact) mass is 192 g/mol. The van der Waals surface area contributed by atoms with Crippen LogP contribution in [0.15, 0.2) is 24.3 Å². The summed E-state index contributed by atoms with van der Waals surface area (Å²) in [4.78, 5) is 13.2. The molecular weight excluding hydrogens is 176 g/mol. The number of benzene rings is 1. The van der Waals surface area contributed by atoms with Gasteiger partial charge in [-0.05, 0) is 24.6 Å². The van der Waals surface area contributed by atoms with Crippen LogP contribution in [0.1, 0.15) is 19.8 Å². The summed E-state index contributed by atoms with van der Waals surface area (Å²) in [7, 11) is 1.77. The lowest BCUT2D eigenvalue weighted by Gasteiger charge is -2.17. The van der Waals surface area contributed by atoms with Gasteiger partial charge in [-0.2, -0.15) is 0 Å². The van der Waals surface area contributed by atoms with Crippen LogP contribution in [0.5, 0.6) is 0 Å². The Labute approximate surface area is 84.5 Å². The normalized spacial score (nSPS) is 9.86. The van der Waals surface area contributed by atoms with Crippen LogP contribution in [0.4, 0.5) is 11.4 Å². The summed E-state index contributed by atoms with van der Waals surface area (Å²) in [6.45, 7) is 1.99. The highest BCUT2D eigenvalue weighted by molar-refractivity contribution is 5.93. The summed E-state index contributed by atoms with van der Waals surface area (Å²) >= 11 is 0. The Morgan fingerprint density at radius 3 is 2.79 bits per heavy atom. The van der Waals surface area contributed by atoms with Crippen LogP contribution in [0, 0.1) is 0 Å². The van der Waals surface area contributed by atoms with Crippen LogP contribution < -0.4 is 10.6 Å². The van der Waals surface area contributed by atoms with E-state index in [9.17, 15) is 4.79 Å². The Morgan fingerprint density at radius 1 is 1.50 bits per heavy atom. The maximum absolute atomic E-state index is 11.5. The molecule has 0 spiro atoms. The van der Waals surface area contributed by atoms with Crippen molar-refractivity contribution in [1.82, 2.24) is 0 Å². The third-order valence-corrected chi connectivity index (χ3v) is 2.10. The summed E-state index contributed by atoms with van der Waals surface area (Å²) in [5.41, 5.74) is 7.16. The maximum Gasteiger partial charge on any atom is 0.226 e. The van der Waals surface area contributed by atoms with Crippen molar-refractivity contribution in [2.75, 3.05) is 17.7 Å². The van der Waals surface area contributed by atoms with E-state index in [1.165, 1.54) is 0 Å². The van der Waals surface area contributed by atoms with Gasteiger partial charge in [-0.15, -0.1) is 0 Å². The molecule has 1 amide bonds. The molecule has 1 rings (SSSR count). The Bertz CT molecular complexity index is 323. The van der Waals surface area contributed by atoms with E-state index in [2.05, 4.69) is 0 Å². The van der Waals surface area contributed by atoms with Gasteiger partial charge in [-0.1, -0.05) is 13.0 Å². The molecule has 2 N–H and O–H groups in total. The lowest BCUT2D eigenvalue weighted by Crippen LogP contribution is -2.25. The molecule has 0 aliphatic heterocycles. The molecule has 0 bridgehead atoms. The first-order valence-corrected chi connectivity index (χ1v) is 4.77. The molecular formula is C11H16N2O. The van der Waals surface area contributed by atoms with Gasteiger partial charge in [0.05, 0.1) is 0 Å². The molecule has 0 aliphatic rings. The van der Waals surface area contributed by atoms with E-state index in [-0.39, 0.29) is 5.91 Å². The first-order chi connectivity index (χ1) is 6.65. The van der Waals surface area contributed by atoms with Crippen LogP contribution in [-0.4, -0.2) is 13.0 Å². The van der Waals surface area contributed by atoms with Crippen LogP contribution >= 0.6 is 0 Å². The molecule has 1 aromatic carbocycles. The van der Waals surface area contributed by atoms with Crippen LogP contribution in [0.3, 0.4) is 0 Å². The number of nitrogen functional groups attached to an aromatic ring is 1. The fourth-order valence-electron chi connectivity index (χ4n) is 1.26. The number of nitrogens with zero attached hydrogens (tertiary/aromatic N) is 1. The minimum Gasteiger partial charge on any atom is -0.399 e. The summed E-state index contributed by atoms with van der Waals surface area (Å²) in [5.74, 6) is 0.123. The Balaban J connectivity index is 2.78. The molecule has 0 radical (unpaired) electrons. The Morgan fingerprint density at radius 2 is 2.21 bits per heavy atom. The average Bonchev–Trinajstić information content (AvgIpc) is 2.17. The van der Waals surface area contributed by atoms with Crippen molar-refractivity contribution in [3.8, 4) is 0 Å². The van der Waals surface area contributed by atoms with Crippen molar-refractivity contribution in [3.05, 3.63) is 24.3 Å². The zero-order valence-corrected chi connectivity index (χ0v) is 8.66. The second kappa shape index (κ2) is 4.65. The molecule has 0 saturated heterocycles. The second-order valence-electron chi connectivity index (χ2n) is 3.30. The number of carbonyl (C=O) groups excluding carboxylic acids is 1. The van der Waals surface area contributed by atoms with E-state index in [1.54, 1.807) is 18.0 Å². The van der Waals surface area contributed by atoms with Gasteiger partial charge in [0.25, 0.3) is 0 Å². The smallest absolute Gasteiger partial charge is 0.226 e. The lowest BCUT2D eigenvalue weighted by atomic mass is 10.2. The summed E-state index contributed by atoms with van der Waals surface area (Å²) in [5, 5.41) is 0. The molecule has 3 heteroatoms. The molecule has 76 valence electrons. The zero-order valence-electron chi connectivity index (χ0n) is 8.66. The lowest BCUT2D eigenvalue weighted by molar-refractivity contribution is -0.118. The van der Waals surface area contributed by atoms with Crippen LogP contribution in [-0.2, 0) is 4.79 Å². The number of anilines is 2. The Hall–Kier alpha value is -1.51. The Kier molecular flexibility index (Phi) is 3.51. The van der Waals surface area contributed by atoms with Crippen molar-refractivity contribution in [3.63, 3.8) is 0 Å². The first kappa shape index (κ1) is 10.6. The number of hydrogen-bond acceptors (Lipinski definition) is 2. The average molecular weight is 192 g/mol. The van der Waals surface area contributed by atoms with Gasteiger partial charge in [0.15, 0.2) is 0 Å². The quantitative estimate of drug-likeness (QED) is 0.745. The first-order valence-electron chi connectivity index (χ1n) is 4.77. The fraction of sp³-hybridized carbons (Fsp3) is 0.364. The molecule has 3 nitrogen and oxygen atoms in total. The van der Waals surface area contributed by atoms with Crippen molar-refractivity contribution >= 4 is 17.3 Å². The predicted octanol–water partition coefficient (Wildman–Crippen LogP) is 2.03. The summed E-state index contributed by atoms with van der Waals surface area (Å²) < 4.78 is 0. The van der Waals surface area contributed by atoms with Crippen LogP contribution in [0.25, 0.3) is 0 Å². The number of nitrogens with two attached hydrogens (primary N) is 1. The van der Waals surface area contributed by atoms with Gasteiger partial charge in [-0.3, -0.25) is 4.79 Å². The molecule has 0 atom stereocenters. The number of amides is 1. The molecule has 0 aromatic heterocycles. The van der Waals surface area contributed by atoms with Crippen molar-refractivity contribution in [2.24, 2.45) is 0 Å². The van der Waals surface area contributed by atoms with E-state index in [1.807, 2.05) is 25.1 Å². The highest BCUT2D eigenvalue weighted by atomic mass is 16.2. The molecule has 0 aliphatic carbocycles. The zero-order chi connectivity index (χ0) is 10.6. The van der Waals surface area contributed by atoms with Crippen molar-refractivity contribution in [1.29, 1.82) is 0 Å². The highest BCUT2D eigenvalue weighted by Crippen LogP contribution is 2.16. The number of carbonyl (C=O) groups is 1. The molecule has 0 fully saturated rings. The summed E-state index contributed by atoms with van der Waals surface area (Å²) in [6, 6.07) is 7.33. The number of rotatable bonds is 3. The SMILES string of the molecule is CCCC(=O)N(C)c1cccc(N)c1. The molecule has 1 aromatic rings. The third-order valence-electron chi connectivity index (χ3n) is 2.10. The van der Waals surface area contributed by atoms with E-state index in [4.69, 9.17) is 5.73 Å². The van der Waals surface area contributed by atoms with Crippen molar-refractivity contribution in [2.45, 2.75) is 19.8 Å². The molecule has 0 heterocycles. The maximum atomic E-state index is 11.5. The largest absolute Gasteiger partial charge is 0.399 e. The van der Waals surface area contributed by atoms with E-state index >= 15 is 0 Å². The van der Waals surface area contributed by atoms with Gasteiger partial charge in [0.2, 0.25) is 5.91 Å². The van der Waals surface area contributed by atoms with Gasteiger partial charge in [0, 0.05) is 24.8 Å². The third kappa shape index (κ3) is 2.49. The second-order valence-corrected chi connectivity index (χ2v) is 3.30. The topological polar surface area (TPSA) is 46.3 Å².